The summed E-state index contributed by atoms with van der Waals surface area (Å²) in [5, 5.41) is 2.76. The van der Waals surface area contributed by atoms with Crippen molar-refractivity contribution in [2.45, 2.75) is 25.6 Å². The van der Waals surface area contributed by atoms with Crippen LogP contribution < -0.4 is 15.8 Å². The van der Waals surface area contributed by atoms with Gasteiger partial charge >= 0.3 is 6.18 Å². The van der Waals surface area contributed by atoms with Crippen LogP contribution in [0.5, 0.6) is 5.75 Å². The summed E-state index contributed by atoms with van der Waals surface area (Å²) < 4.78 is 47.0. The molecule has 1 aliphatic heterocycles. The molecule has 1 aromatic carbocycles. The lowest BCUT2D eigenvalue weighted by atomic mass is 9.79. The van der Waals surface area contributed by atoms with Gasteiger partial charge in [-0.1, -0.05) is 18.2 Å². The molecule has 1 aromatic rings. The lowest BCUT2D eigenvalue weighted by Crippen LogP contribution is -2.49. The Bertz CT molecular complexity index is 558. The van der Waals surface area contributed by atoms with E-state index in [0.29, 0.717) is 31.6 Å². The van der Waals surface area contributed by atoms with Gasteiger partial charge in [-0.05, 0) is 18.9 Å². The van der Waals surface area contributed by atoms with Gasteiger partial charge in [-0.3, -0.25) is 4.79 Å². The van der Waals surface area contributed by atoms with E-state index in [2.05, 4.69) is 5.32 Å². The number of hydrogen-bond donors (Lipinski definition) is 2. The van der Waals surface area contributed by atoms with E-state index in [4.69, 9.17) is 15.2 Å². The fraction of sp³-hybridized carbons (Fsp3) is 0.562. The Morgan fingerprint density at radius 2 is 1.96 bits per heavy atom. The molecule has 8 heteroatoms. The lowest BCUT2D eigenvalue weighted by Gasteiger charge is -2.34. The molecule has 0 atom stereocenters. The smallest absolute Gasteiger partial charge is 0.422 e. The van der Waals surface area contributed by atoms with Gasteiger partial charge in [-0.25, -0.2) is 0 Å². The Morgan fingerprint density at radius 3 is 2.58 bits per heavy atom. The molecule has 1 saturated heterocycles. The number of halogens is 3. The van der Waals surface area contributed by atoms with Gasteiger partial charge in [0, 0.05) is 31.9 Å². The first-order valence-corrected chi connectivity index (χ1v) is 7.70. The van der Waals surface area contributed by atoms with Crippen LogP contribution in [0, 0.1) is 5.41 Å². The summed E-state index contributed by atoms with van der Waals surface area (Å²) >= 11 is 0. The van der Waals surface area contributed by atoms with Crippen LogP contribution in [0.25, 0.3) is 0 Å². The monoisotopic (exact) mass is 346 g/mol. The van der Waals surface area contributed by atoms with Crippen molar-refractivity contribution in [2.24, 2.45) is 11.1 Å². The third-order valence-electron chi connectivity index (χ3n) is 4.13. The van der Waals surface area contributed by atoms with Gasteiger partial charge in [0.05, 0.1) is 5.41 Å². The van der Waals surface area contributed by atoms with Crippen molar-refractivity contribution in [3.8, 4) is 5.75 Å². The standard InChI is InChI=1S/C16H21F3N2O3/c17-16(18,19)11-24-13-4-2-1-3-12(13)9-21-14(22)15(10-20)5-7-23-8-6-15/h1-4H,5-11,20H2,(H,21,22). The molecule has 1 amide bonds. The molecule has 0 unspecified atom stereocenters. The second-order valence-electron chi connectivity index (χ2n) is 5.79. The number of carbonyl (C=O) groups excluding carboxylic acids is 1. The molecule has 1 heterocycles. The van der Waals surface area contributed by atoms with Gasteiger partial charge in [0.2, 0.25) is 5.91 Å². The molecular weight excluding hydrogens is 325 g/mol. The first-order valence-electron chi connectivity index (χ1n) is 7.70. The van der Waals surface area contributed by atoms with Crippen molar-refractivity contribution < 1.29 is 27.4 Å². The molecule has 0 radical (unpaired) electrons. The predicted molar refractivity (Wildman–Crippen MR) is 81.4 cm³/mol. The first kappa shape index (κ1) is 18.5. The average Bonchev–Trinajstić information content (AvgIpc) is 2.58. The van der Waals surface area contributed by atoms with E-state index in [9.17, 15) is 18.0 Å². The van der Waals surface area contributed by atoms with Gasteiger partial charge in [-0.15, -0.1) is 0 Å². The topological polar surface area (TPSA) is 73.6 Å². The summed E-state index contributed by atoms with van der Waals surface area (Å²) in [7, 11) is 0. The molecule has 2 rings (SSSR count). The van der Waals surface area contributed by atoms with Gasteiger partial charge in [-0.2, -0.15) is 13.2 Å². The van der Waals surface area contributed by atoms with E-state index in [0.717, 1.165) is 0 Å². The number of nitrogens with one attached hydrogen (secondary N) is 1. The summed E-state index contributed by atoms with van der Waals surface area (Å²) in [4.78, 5) is 12.5. The zero-order chi connectivity index (χ0) is 17.6. The fourth-order valence-electron chi connectivity index (χ4n) is 2.60. The van der Waals surface area contributed by atoms with E-state index in [-0.39, 0.29) is 24.7 Å². The highest BCUT2D eigenvalue weighted by Gasteiger charge is 2.38. The Morgan fingerprint density at radius 1 is 1.29 bits per heavy atom. The number of carbonyl (C=O) groups is 1. The Kier molecular flexibility index (Phi) is 6.06. The highest BCUT2D eigenvalue weighted by atomic mass is 19.4. The number of ether oxygens (including phenoxy) is 2. The number of para-hydroxylation sites is 1. The van der Waals surface area contributed by atoms with Crippen molar-refractivity contribution >= 4 is 5.91 Å². The molecule has 24 heavy (non-hydrogen) atoms. The summed E-state index contributed by atoms with van der Waals surface area (Å²) in [6.45, 7) is -0.155. The van der Waals surface area contributed by atoms with Gasteiger partial charge < -0.3 is 20.5 Å². The van der Waals surface area contributed by atoms with E-state index in [1.807, 2.05) is 0 Å². The summed E-state index contributed by atoms with van der Waals surface area (Å²) in [6, 6.07) is 6.32. The van der Waals surface area contributed by atoms with E-state index in [1.165, 1.54) is 6.07 Å². The summed E-state index contributed by atoms with van der Waals surface area (Å²) in [5.41, 5.74) is 5.57. The maximum atomic E-state index is 12.5. The molecule has 3 N–H and O–H groups in total. The van der Waals surface area contributed by atoms with Crippen molar-refractivity contribution in [3.63, 3.8) is 0 Å². The minimum atomic E-state index is -4.41. The van der Waals surface area contributed by atoms with Crippen molar-refractivity contribution in [1.29, 1.82) is 0 Å². The number of rotatable bonds is 6. The molecular formula is C16H21F3N2O3. The predicted octanol–water partition coefficient (Wildman–Crippen LogP) is 2.00. The van der Waals surface area contributed by atoms with Gasteiger partial charge in [0.15, 0.2) is 6.61 Å². The molecule has 1 aliphatic rings. The maximum Gasteiger partial charge on any atom is 0.422 e. The van der Waals surface area contributed by atoms with E-state index in [1.54, 1.807) is 18.2 Å². The summed E-state index contributed by atoms with van der Waals surface area (Å²) in [6.07, 6.45) is -3.36. The van der Waals surface area contributed by atoms with Crippen LogP contribution in [0.4, 0.5) is 13.2 Å². The molecule has 0 saturated carbocycles. The SMILES string of the molecule is NCC1(C(=O)NCc2ccccc2OCC(F)(F)F)CCOCC1. The fourth-order valence-corrected chi connectivity index (χ4v) is 2.60. The van der Waals surface area contributed by atoms with E-state index >= 15 is 0 Å². The number of alkyl halides is 3. The van der Waals surface area contributed by atoms with Crippen molar-refractivity contribution in [2.75, 3.05) is 26.4 Å². The van der Waals surface area contributed by atoms with Crippen LogP contribution in [0.1, 0.15) is 18.4 Å². The third-order valence-corrected chi connectivity index (χ3v) is 4.13. The second kappa shape index (κ2) is 7.85. The number of benzene rings is 1. The minimum absolute atomic E-state index is 0.0788. The van der Waals surface area contributed by atoms with Crippen LogP contribution >= 0.6 is 0 Å². The van der Waals surface area contributed by atoms with Crippen LogP contribution in [0.15, 0.2) is 24.3 Å². The average molecular weight is 346 g/mol. The molecule has 0 spiro atoms. The normalized spacial score (nSPS) is 17.3. The van der Waals surface area contributed by atoms with Gasteiger partial charge in [0.25, 0.3) is 0 Å². The number of nitrogens with two attached hydrogens (primary N) is 1. The number of hydrogen-bond acceptors (Lipinski definition) is 4. The van der Waals surface area contributed by atoms with Crippen LogP contribution in [0.2, 0.25) is 0 Å². The molecule has 134 valence electrons. The van der Waals surface area contributed by atoms with Crippen molar-refractivity contribution in [1.82, 2.24) is 5.32 Å². The summed E-state index contributed by atoms with van der Waals surface area (Å²) in [5.74, 6) is -0.108. The zero-order valence-electron chi connectivity index (χ0n) is 13.2. The minimum Gasteiger partial charge on any atom is -0.484 e. The Hall–Kier alpha value is -1.80. The van der Waals surface area contributed by atoms with Crippen LogP contribution in [-0.4, -0.2) is 38.4 Å². The Labute approximate surface area is 138 Å². The van der Waals surface area contributed by atoms with Crippen LogP contribution in [0.3, 0.4) is 0 Å². The quantitative estimate of drug-likeness (QED) is 0.826. The maximum absolute atomic E-state index is 12.5. The molecule has 1 fully saturated rings. The Balaban J connectivity index is 1.99. The first-order chi connectivity index (χ1) is 11.4. The third kappa shape index (κ3) is 4.85. The zero-order valence-corrected chi connectivity index (χ0v) is 13.2. The lowest BCUT2D eigenvalue weighted by molar-refractivity contribution is -0.153. The molecule has 0 aliphatic carbocycles. The highest BCUT2D eigenvalue weighted by Crippen LogP contribution is 2.30. The molecule has 5 nitrogen and oxygen atoms in total. The molecule has 0 bridgehead atoms. The number of amides is 1. The largest absolute Gasteiger partial charge is 0.484 e. The highest BCUT2D eigenvalue weighted by molar-refractivity contribution is 5.83. The van der Waals surface area contributed by atoms with E-state index < -0.39 is 18.2 Å². The van der Waals surface area contributed by atoms with Gasteiger partial charge in [0.1, 0.15) is 5.75 Å². The van der Waals surface area contributed by atoms with Crippen LogP contribution in [-0.2, 0) is 16.1 Å². The van der Waals surface area contributed by atoms with Crippen molar-refractivity contribution in [3.05, 3.63) is 29.8 Å². The molecule has 0 aromatic heterocycles. The second-order valence-corrected chi connectivity index (χ2v) is 5.79.